The largest absolute Gasteiger partial charge is 0.296 e. The number of amides is 1. The highest BCUT2D eigenvalue weighted by Crippen LogP contribution is 2.20. The number of para-hydroxylation sites is 2. The molecule has 1 N–H and O–H groups in total. The molecule has 0 saturated heterocycles. The Balaban J connectivity index is 2.57. The summed E-state index contributed by atoms with van der Waals surface area (Å²) in [5.41, 5.74) is 1.42. The van der Waals surface area contributed by atoms with Crippen LogP contribution in [0, 0.1) is 0 Å². The summed E-state index contributed by atoms with van der Waals surface area (Å²) in [5.74, 6) is 0.0560. The van der Waals surface area contributed by atoms with Crippen molar-refractivity contribution in [3.63, 3.8) is 0 Å². The number of carbonyl (C=O) groups is 2. The van der Waals surface area contributed by atoms with Gasteiger partial charge in [0.05, 0.1) is 11.0 Å². The number of carbonyl (C=O) groups excluding carboxylic acids is 2. The number of aromatic nitrogens is 2. The van der Waals surface area contributed by atoms with E-state index in [9.17, 15) is 9.59 Å². The van der Waals surface area contributed by atoms with Crippen molar-refractivity contribution < 1.29 is 9.59 Å². The van der Waals surface area contributed by atoms with Gasteiger partial charge in [-0.25, -0.2) is 9.55 Å². The fourth-order valence-electron chi connectivity index (χ4n) is 1.73. The molecular weight excluding hydrogens is 230 g/mol. The van der Waals surface area contributed by atoms with Gasteiger partial charge in [-0.3, -0.25) is 14.9 Å². The molecule has 0 aliphatic carbocycles. The number of hydrogen-bond donors (Lipinski definition) is 1. The molecule has 1 aromatic heterocycles. The maximum atomic E-state index is 12.0. The molecule has 2 rings (SSSR count). The monoisotopic (exact) mass is 245 g/mol. The lowest BCUT2D eigenvalue weighted by Crippen LogP contribution is -2.18. The fourth-order valence-corrected chi connectivity index (χ4v) is 1.73. The molecule has 0 saturated carbocycles. The number of nitrogens with zero attached hydrogens (tertiary/aromatic N) is 2. The first-order valence-corrected chi connectivity index (χ1v) is 5.97. The van der Waals surface area contributed by atoms with Crippen LogP contribution < -0.4 is 5.32 Å². The van der Waals surface area contributed by atoms with E-state index in [4.69, 9.17) is 0 Å². The van der Waals surface area contributed by atoms with Crippen molar-refractivity contribution in [2.75, 3.05) is 5.32 Å². The molecule has 0 atom stereocenters. The molecule has 5 nitrogen and oxygen atoms in total. The maximum Gasteiger partial charge on any atom is 0.233 e. The highest BCUT2D eigenvalue weighted by molar-refractivity contribution is 5.98. The molecule has 0 aliphatic rings. The summed E-state index contributed by atoms with van der Waals surface area (Å²) in [6.45, 7) is 3.53. The summed E-state index contributed by atoms with van der Waals surface area (Å²) >= 11 is 0. The Morgan fingerprint density at radius 1 is 1.22 bits per heavy atom. The standard InChI is InChI=1S/C13H15N3O2/c1-3-11(17)15-13-14-9-7-5-6-8-10(9)16(13)12(18)4-2/h5-8H,3-4H2,1-2H3,(H,14,15,17). The third-order valence-corrected chi connectivity index (χ3v) is 2.68. The minimum absolute atomic E-state index is 0.0879. The van der Waals surface area contributed by atoms with Crippen molar-refractivity contribution in [3.8, 4) is 0 Å². The van der Waals surface area contributed by atoms with Crippen LogP contribution in [0.25, 0.3) is 11.0 Å². The van der Waals surface area contributed by atoms with Gasteiger partial charge < -0.3 is 0 Å². The summed E-state index contributed by atoms with van der Waals surface area (Å²) in [5, 5.41) is 2.66. The molecule has 1 aromatic carbocycles. The van der Waals surface area contributed by atoms with Gasteiger partial charge in [-0.2, -0.15) is 0 Å². The normalized spacial score (nSPS) is 10.6. The highest BCUT2D eigenvalue weighted by atomic mass is 16.2. The third-order valence-electron chi connectivity index (χ3n) is 2.68. The van der Waals surface area contributed by atoms with Gasteiger partial charge in [0.15, 0.2) is 0 Å². The number of nitrogens with one attached hydrogen (secondary N) is 1. The van der Waals surface area contributed by atoms with Crippen molar-refractivity contribution in [1.82, 2.24) is 9.55 Å². The molecule has 0 spiro atoms. The molecule has 0 aliphatic heterocycles. The zero-order valence-electron chi connectivity index (χ0n) is 10.4. The fraction of sp³-hybridized carbons (Fsp3) is 0.308. The summed E-state index contributed by atoms with van der Waals surface area (Å²) in [6, 6.07) is 7.32. The van der Waals surface area contributed by atoms with Gasteiger partial charge in [0, 0.05) is 12.8 Å². The van der Waals surface area contributed by atoms with Gasteiger partial charge in [0.25, 0.3) is 0 Å². The lowest BCUT2D eigenvalue weighted by atomic mass is 10.3. The molecular formula is C13H15N3O2. The average molecular weight is 245 g/mol. The van der Waals surface area contributed by atoms with Crippen LogP contribution in [0.2, 0.25) is 0 Å². The Bertz CT molecular complexity index is 601. The van der Waals surface area contributed by atoms with Crippen molar-refractivity contribution >= 4 is 28.8 Å². The topological polar surface area (TPSA) is 64.0 Å². The van der Waals surface area contributed by atoms with E-state index in [1.807, 2.05) is 24.3 Å². The minimum Gasteiger partial charge on any atom is -0.296 e. The number of fused-ring (bicyclic) bond motifs is 1. The van der Waals surface area contributed by atoms with Crippen LogP contribution in [0.1, 0.15) is 31.5 Å². The van der Waals surface area contributed by atoms with Crippen LogP contribution in [0.4, 0.5) is 5.95 Å². The van der Waals surface area contributed by atoms with E-state index in [0.29, 0.717) is 24.3 Å². The van der Waals surface area contributed by atoms with E-state index in [0.717, 1.165) is 5.52 Å². The predicted octanol–water partition coefficient (Wildman–Crippen LogP) is 2.44. The smallest absolute Gasteiger partial charge is 0.233 e. The Morgan fingerprint density at radius 3 is 2.61 bits per heavy atom. The van der Waals surface area contributed by atoms with Crippen molar-refractivity contribution in [3.05, 3.63) is 24.3 Å². The van der Waals surface area contributed by atoms with Gasteiger partial charge in [-0.05, 0) is 12.1 Å². The Labute approximate surface area is 105 Å². The van der Waals surface area contributed by atoms with Crippen molar-refractivity contribution in [1.29, 1.82) is 0 Å². The molecule has 5 heteroatoms. The van der Waals surface area contributed by atoms with Gasteiger partial charge in [-0.1, -0.05) is 26.0 Å². The van der Waals surface area contributed by atoms with Gasteiger partial charge in [0.2, 0.25) is 17.8 Å². The molecule has 0 bridgehead atoms. The number of anilines is 1. The second-order valence-electron chi connectivity index (χ2n) is 3.91. The number of hydrogen-bond acceptors (Lipinski definition) is 3. The van der Waals surface area contributed by atoms with E-state index in [1.165, 1.54) is 4.57 Å². The number of imidazole rings is 1. The van der Waals surface area contributed by atoms with Crippen molar-refractivity contribution in [2.45, 2.75) is 26.7 Å². The molecule has 94 valence electrons. The lowest BCUT2D eigenvalue weighted by molar-refractivity contribution is -0.115. The predicted molar refractivity (Wildman–Crippen MR) is 69.6 cm³/mol. The Morgan fingerprint density at radius 2 is 1.94 bits per heavy atom. The molecule has 0 radical (unpaired) electrons. The zero-order valence-corrected chi connectivity index (χ0v) is 10.4. The summed E-state index contributed by atoms with van der Waals surface area (Å²) in [6.07, 6.45) is 0.707. The number of benzene rings is 1. The zero-order chi connectivity index (χ0) is 13.1. The molecule has 18 heavy (non-hydrogen) atoms. The first-order valence-electron chi connectivity index (χ1n) is 5.97. The van der Waals surface area contributed by atoms with Gasteiger partial charge >= 0.3 is 0 Å². The van der Waals surface area contributed by atoms with Crippen LogP contribution >= 0.6 is 0 Å². The summed E-state index contributed by atoms with van der Waals surface area (Å²) in [7, 11) is 0. The SMILES string of the molecule is CCC(=O)Nc1nc2ccccc2n1C(=O)CC. The Kier molecular flexibility index (Phi) is 3.41. The first kappa shape index (κ1) is 12.3. The van der Waals surface area contributed by atoms with Gasteiger partial charge in [0.1, 0.15) is 0 Å². The molecule has 1 heterocycles. The lowest BCUT2D eigenvalue weighted by Gasteiger charge is -2.06. The first-order chi connectivity index (χ1) is 8.67. The van der Waals surface area contributed by atoms with E-state index in [1.54, 1.807) is 13.8 Å². The van der Waals surface area contributed by atoms with Crippen LogP contribution in [0.5, 0.6) is 0 Å². The molecule has 0 unspecified atom stereocenters. The van der Waals surface area contributed by atoms with Crippen molar-refractivity contribution in [2.24, 2.45) is 0 Å². The third kappa shape index (κ3) is 2.11. The molecule has 0 fully saturated rings. The molecule has 1 amide bonds. The number of rotatable bonds is 3. The second-order valence-corrected chi connectivity index (χ2v) is 3.91. The maximum absolute atomic E-state index is 12.0. The van der Waals surface area contributed by atoms with E-state index < -0.39 is 0 Å². The minimum atomic E-state index is -0.157. The van der Waals surface area contributed by atoms with Crippen LogP contribution in [-0.2, 0) is 4.79 Å². The molecule has 2 aromatic rings. The van der Waals surface area contributed by atoms with Crippen LogP contribution in [-0.4, -0.2) is 21.4 Å². The van der Waals surface area contributed by atoms with Crippen LogP contribution in [0.3, 0.4) is 0 Å². The van der Waals surface area contributed by atoms with E-state index in [2.05, 4.69) is 10.3 Å². The summed E-state index contributed by atoms with van der Waals surface area (Å²) in [4.78, 5) is 27.7. The average Bonchev–Trinajstić information content (AvgIpc) is 2.75. The highest BCUT2D eigenvalue weighted by Gasteiger charge is 2.16. The van der Waals surface area contributed by atoms with E-state index in [-0.39, 0.29) is 11.8 Å². The summed E-state index contributed by atoms with van der Waals surface area (Å²) < 4.78 is 1.46. The van der Waals surface area contributed by atoms with Gasteiger partial charge in [-0.15, -0.1) is 0 Å². The quantitative estimate of drug-likeness (QED) is 0.903. The Hall–Kier alpha value is -2.17. The van der Waals surface area contributed by atoms with E-state index >= 15 is 0 Å². The second kappa shape index (κ2) is 5.00. The van der Waals surface area contributed by atoms with Crippen LogP contribution in [0.15, 0.2) is 24.3 Å².